The maximum atomic E-state index is 13.5. The predicted octanol–water partition coefficient (Wildman–Crippen LogP) is 2.74. The van der Waals surface area contributed by atoms with Crippen LogP contribution < -0.4 is 16.0 Å². The lowest BCUT2D eigenvalue weighted by Gasteiger charge is -2.25. The van der Waals surface area contributed by atoms with Crippen LogP contribution >= 0.6 is 11.3 Å². The Morgan fingerprint density at radius 3 is 2.79 bits per heavy atom. The fraction of sp³-hybridized carbons (Fsp3) is 0.333. The van der Waals surface area contributed by atoms with E-state index < -0.39 is 15.7 Å². The molecule has 2 aromatic carbocycles. The van der Waals surface area contributed by atoms with Gasteiger partial charge in [-0.05, 0) is 61.7 Å². The maximum absolute atomic E-state index is 13.5. The minimum absolute atomic E-state index is 0.0292. The van der Waals surface area contributed by atoms with Gasteiger partial charge in [0.05, 0.1) is 10.9 Å². The van der Waals surface area contributed by atoms with Crippen LogP contribution in [0.15, 0.2) is 63.8 Å². The van der Waals surface area contributed by atoms with Crippen LogP contribution in [-0.2, 0) is 21.2 Å². The molecule has 1 aromatic heterocycles. The van der Waals surface area contributed by atoms with Crippen LogP contribution in [-0.4, -0.2) is 44.5 Å². The second kappa shape index (κ2) is 9.53. The first kappa shape index (κ1) is 23.1. The highest BCUT2D eigenvalue weighted by Crippen LogP contribution is 2.29. The second-order valence-corrected chi connectivity index (χ2v) is 11.4. The third kappa shape index (κ3) is 4.76. The molecule has 2 saturated heterocycles. The molecule has 2 aliphatic heterocycles. The van der Waals surface area contributed by atoms with E-state index in [1.54, 1.807) is 24.3 Å². The van der Waals surface area contributed by atoms with Crippen molar-refractivity contribution < 1.29 is 17.6 Å². The van der Waals surface area contributed by atoms with E-state index in [-0.39, 0.29) is 21.9 Å². The first-order chi connectivity index (χ1) is 16.4. The number of thiazole rings is 1. The quantitative estimate of drug-likeness (QED) is 0.481. The molecule has 0 saturated carbocycles. The first-order valence-corrected chi connectivity index (χ1v) is 13.6. The largest absolute Gasteiger partial charge is 0.351 e. The highest BCUT2D eigenvalue weighted by atomic mass is 32.2. The lowest BCUT2D eigenvalue weighted by Crippen LogP contribution is -2.45. The Hall–Kier alpha value is -2.66. The second-order valence-electron chi connectivity index (χ2n) is 8.68. The molecule has 3 aromatic rings. The average Bonchev–Trinajstić information content (AvgIpc) is 3.51. The summed E-state index contributed by atoms with van der Waals surface area (Å²) in [5.41, 5.74) is 1.34. The molecular weight excluding hydrogens is 475 g/mol. The van der Waals surface area contributed by atoms with Crippen molar-refractivity contribution in [3.63, 3.8) is 0 Å². The van der Waals surface area contributed by atoms with Crippen LogP contribution in [0.1, 0.15) is 18.4 Å². The third-order valence-electron chi connectivity index (χ3n) is 6.41. The van der Waals surface area contributed by atoms with Gasteiger partial charge in [0.15, 0.2) is 5.03 Å². The van der Waals surface area contributed by atoms with Gasteiger partial charge in [-0.3, -0.25) is 4.79 Å². The van der Waals surface area contributed by atoms with Crippen molar-refractivity contribution in [3.05, 3.63) is 65.3 Å². The molecule has 0 radical (unpaired) electrons. The van der Waals surface area contributed by atoms with Crippen LogP contribution in [0.5, 0.6) is 0 Å². The molecule has 3 heterocycles. The molecule has 3 unspecified atom stereocenters. The first-order valence-electron chi connectivity index (χ1n) is 11.2. The number of halogens is 1. The fourth-order valence-electron chi connectivity index (χ4n) is 4.56. The van der Waals surface area contributed by atoms with E-state index in [1.807, 2.05) is 0 Å². The summed E-state index contributed by atoms with van der Waals surface area (Å²) in [7, 11) is -3.81. The molecule has 1 amide bonds. The van der Waals surface area contributed by atoms with Crippen molar-refractivity contribution in [3.8, 4) is 10.6 Å². The highest BCUT2D eigenvalue weighted by Gasteiger charge is 2.38. The Labute approximate surface area is 201 Å². The summed E-state index contributed by atoms with van der Waals surface area (Å²) in [6.07, 6.45) is 1.86. The smallest absolute Gasteiger partial charge is 0.237 e. The van der Waals surface area contributed by atoms with Gasteiger partial charge in [-0.1, -0.05) is 24.3 Å². The van der Waals surface area contributed by atoms with Gasteiger partial charge in [0.1, 0.15) is 10.8 Å². The predicted molar refractivity (Wildman–Crippen MR) is 128 cm³/mol. The van der Waals surface area contributed by atoms with E-state index in [4.69, 9.17) is 0 Å². The Morgan fingerprint density at radius 2 is 2.03 bits per heavy atom. The number of hydrogen-bond donors (Lipinski definition) is 3. The number of rotatable bonds is 6. The van der Waals surface area contributed by atoms with Gasteiger partial charge in [0.25, 0.3) is 0 Å². The minimum Gasteiger partial charge on any atom is -0.351 e. The van der Waals surface area contributed by atoms with Gasteiger partial charge in [0.2, 0.25) is 15.7 Å². The van der Waals surface area contributed by atoms with Gasteiger partial charge in [0, 0.05) is 23.5 Å². The molecule has 0 bridgehead atoms. The number of carbonyl (C=O) groups is 1. The molecule has 3 atom stereocenters. The van der Waals surface area contributed by atoms with Crippen molar-refractivity contribution in [1.82, 2.24) is 20.9 Å². The molecule has 0 spiro atoms. The molecule has 34 heavy (non-hydrogen) atoms. The van der Waals surface area contributed by atoms with E-state index in [2.05, 4.69) is 20.9 Å². The summed E-state index contributed by atoms with van der Waals surface area (Å²) in [5, 5.41) is 11.6. The number of fused-ring (bicyclic) bond motifs is 1. The molecule has 2 fully saturated rings. The Bertz CT molecular complexity index is 1280. The molecule has 10 heteroatoms. The summed E-state index contributed by atoms with van der Waals surface area (Å²) < 4.78 is 39.5. The molecule has 178 valence electrons. The maximum Gasteiger partial charge on any atom is 0.237 e. The zero-order chi connectivity index (χ0) is 23.7. The van der Waals surface area contributed by atoms with E-state index in [1.165, 1.54) is 29.6 Å². The molecule has 7 nitrogen and oxygen atoms in total. The summed E-state index contributed by atoms with van der Waals surface area (Å²) >= 11 is 1.15. The van der Waals surface area contributed by atoms with Crippen molar-refractivity contribution in [2.45, 2.75) is 41.4 Å². The number of hydrogen-bond acceptors (Lipinski definition) is 7. The van der Waals surface area contributed by atoms with Gasteiger partial charge >= 0.3 is 0 Å². The van der Waals surface area contributed by atoms with Gasteiger partial charge in [-0.15, -0.1) is 11.3 Å². The van der Waals surface area contributed by atoms with E-state index >= 15 is 0 Å². The highest BCUT2D eigenvalue weighted by molar-refractivity contribution is 7.91. The van der Waals surface area contributed by atoms with E-state index in [9.17, 15) is 17.6 Å². The molecular formula is C24H25FN4O3S2. The third-order valence-corrected chi connectivity index (χ3v) is 9.10. The SMILES string of the molecule is O=C(NCc1ccc(S(=O)(=O)c2csc(-c3cccc(F)c3)n2)cc1)C1CC2CNCCC2N1. The van der Waals surface area contributed by atoms with Crippen molar-refractivity contribution in [1.29, 1.82) is 0 Å². The topological polar surface area (TPSA) is 100 Å². The average molecular weight is 501 g/mol. The number of sulfone groups is 1. The van der Waals surface area contributed by atoms with Crippen LogP contribution in [0.25, 0.3) is 10.6 Å². The molecule has 5 rings (SSSR count). The van der Waals surface area contributed by atoms with Gasteiger partial charge < -0.3 is 16.0 Å². The van der Waals surface area contributed by atoms with Crippen LogP contribution in [0.2, 0.25) is 0 Å². The van der Waals surface area contributed by atoms with Crippen LogP contribution in [0, 0.1) is 11.7 Å². The zero-order valence-electron chi connectivity index (χ0n) is 18.3. The van der Waals surface area contributed by atoms with Gasteiger partial charge in [-0.25, -0.2) is 17.8 Å². The summed E-state index contributed by atoms with van der Waals surface area (Å²) in [5.74, 6) is 0.0541. The van der Waals surface area contributed by atoms with E-state index in [0.29, 0.717) is 29.1 Å². The Balaban J connectivity index is 1.22. The van der Waals surface area contributed by atoms with Crippen LogP contribution in [0.4, 0.5) is 4.39 Å². The number of benzene rings is 2. The van der Waals surface area contributed by atoms with Crippen molar-refractivity contribution in [2.75, 3.05) is 13.1 Å². The standard InChI is InChI=1S/C24H25FN4O3S2/c25-18-3-1-2-16(10-18)24-29-22(14-33-24)34(31,32)19-6-4-15(5-7-19)12-27-23(30)21-11-17-13-26-9-8-20(17)28-21/h1-7,10,14,17,20-21,26,28H,8-9,11-13H2,(H,27,30). The Morgan fingerprint density at radius 1 is 1.21 bits per heavy atom. The number of carbonyl (C=O) groups excluding carboxylic acids is 1. The van der Waals surface area contributed by atoms with Gasteiger partial charge in [-0.2, -0.15) is 0 Å². The molecule has 2 aliphatic rings. The number of amides is 1. The molecule has 3 N–H and O–H groups in total. The summed E-state index contributed by atoms with van der Waals surface area (Å²) in [6, 6.07) is 12.5. The number of nitrogens with zero attached hydrogens (tertiary/aromatic N) is 1. The normalized spacial score (nSPS) is 22.3. The monoisotopic (exact) mass is 500 g/mol. The summed E-state index contributed by atoms with van der Waals surface area (Å²) in [4.78, 5) is 16.9. The molecule has 0 aliphatic carbocycles. The fourth-order valence-corrected chi connectivity index (χ4v) is 6.89. The van der Waals surface area contributed by atoms with Crippen LogP contribution in [0.3, 0.4) is 0 Å². The van der Waals surface area contributed by atoms with Crippen molar-refractivity contribution in [2.24, 2.45) is 5.92 Å². The Kier molecular flexibility index (Phi) is 6.48. The lowest BCUT2D eigenvalue weighted by molar-refractivity contribution is -0.123. The number of piperidine rings is 1. The lowest BCUT2D eigenvalue weighted by atomic mass is 9.94. The summed E-state index contributed by atoms with van der Waals surface area (Å²) in [6.45, 7) is 2.25. The van der Waals surface area contributed by atoms with Crippen molar-refractivity contribution >= 4 is 27.1 Å². The number of nitrogens with one attached hydrogen (secondary N) is 3. The van der Waals surface area contributed by atoms with E-state index in [0.717, 1.165) is 42.8 Å². The zero-order valence-corrected chi connectivity index (χ0v) is 20.0. The number of aromatic nitrogens is 1. The minimum atomic E-state index is -3.81.